The summed E-state index contributed by atoms with van der Waals surface area (Å²) in [6.07, 6.45) is 1.98. The molecule has 0 saturated carbocycles. The summed E-state index contributed by atoms with van der Waals surface area (Å²) < 4.78 is 27.0. The van der Waals surface area contributed by atoms with Gasteiger partial charge in [0, 0.05) is 31.3 Å². The lowest BCUT2D eigenvalue weighted by Crippen LogP contribution is -2.40. The number of non-ortho nitro benzene ring substituents is 1. The van der Waals surface area contributed by atoms with Gasteiger partial charge in [-0.2, -0.15) is 4.31 Å². The van der Waals surface area contributed by atoms with Gasteiger partial charge < -0.3 is 5.73 Å². The molecule has 1 unspecified atom stereocenters. The Morgan fingerprint density at radius 3 is 2.68 bits per heavy atom. The SMILES string of the molecule is CCc1ccc([N+](=O)[O-])cc1S(=O)(=O)N1CCCC1CN.Cl. The van der Waals surface area contributed by atoms with Crippen LogP contribution in [-0.2, 0) is 16.4 Å². The van der Waals surface area contributed by atoms with Crippen molar-refractivity contribution >= 4 is 28.1 Å². The van der Waals surface area contributed by atoms with Gasteiger partial charge in [0.25, 0.3) is 5.69 Å². The van der Waals surface area contributed by atoms with E-state index in [-0.39, 0.29) is 35.6 Å². The van der Waals surface area contributed by atoms with Crippen LogP contribution in [0.25, 0.3) is 0 Å². The highest BCUT2D eigenvalue weighted by atomic mass is 35.5. The van der Waals surface area contributed by atoms with Crippen molar-refractivity contribution in [2.24, 2.45) is 5.73 Å². The fourth-order valence-corrected chi connectivity index (χ4v) is 4.70. The first-order chi connectivity index (χ1) is 9.91. The van der Waals surface area contributed by atoms with E-state index in [1.807, 2.05) is 6.92 Å². The molecule has 0 amide bonds. The Labute approximate surface area is 136 Å². The van der Waals surface area contributed by atoms with Crippen LogP contribution in [0.2, 0.25) is 0 Å². The van der Waals surface area contributed by atoms with Crippen molar-refractivity contribution in [1.82, 2.24) is 4.31 Å². The summed E-state index contributed by atoms with van der Waals surface area (Å²) in [6, 6.07) is 3.78. The van der Waals surface area contributed by atoms with Crippen LogP contribution in [0.5, 0.6) is 0 Å². The maximum absolute atomic E-state index is 12.8. The Bertz CT molecular complexity index is 651. The van der Waals surface area contributed by atoms with Crippen molar-refractivity contribution in [2.45, 2.75) is 37.1 Å². The van der Waals surface area contributed by atoms with E-state index in [0.717, 1.165) is 18.9 Å². The molecule has 1 aromatic rings. The molecule has 0 aliphatic carbocycles. The summed E-state index contributed by atoms with van der Waals surface area (Å²) >= 11 is 0. The molecule has 1 aliphatic heterocycles. The summed E-state index contributed by atoms with van der Waals surface area (Å²) in [5.41, 5.74) is 6.01. The van der Waals surface area contributed by atoms with Gasteiger partial charge in [-0.05, 0) is 24.8 Å². The summed E-state index contributed by atoms with van der Waals surface area (Å²) in [7, 11) is -3.75. The molecule has 1 aliphatic rings. The van der Waals surface area contributed by atoms with Crippen LogP contribution < -0.4 is 5.73 Å². The molecule has 9 heteroatoms. The minimum atomic E-state index is -3.75. The molecule has 1 fully saturated rings. The zero-order chi connectivity index (χ0) is 15.6. The highest BCUT2D eigenvalue weighted by Gasteiger charge is 2.36. The first-order valence-corrected chi connectivity index (χ1v) is 8.35. The number of nitro groups is 1. The van der Waals surface area contributed by atoms with Gasteiger partial charge in [-0.1, -0.05) is 13.0 Å². The topological polar surface area (TPSA) is 107 Å². The maximum atomic E-state index is 12.8. The van der Waals surface area contributed by atoms with Crippen molar-refractivity contribution in [3.8, 4) is 0 Å². The fraction of sp³-hybridized carbons (Fsp3) is 0.538. The summed E-state index contributed by atoms with van der Waals surface area (Å²) in [4.78, 5) is 10.3. The number of nitrogens with zero attached hydrogens (tertiary/aromatic N) is 2. The number of hydrogen-bond donors (Lipinski definition) is 1. The summed E-state index contributed by atoms with van der Waals surface area (Å²) in [6.45, 7) is 2.50. The van der Waals surface area contributed by atoms with Crippen molar-refractivity contribution in [3.05, 3.63) is 33.9 Å². The second-order valence-electron chi connectivity index (χ2n) is 5.05. The third-order valence-corrected chi connectivity index (χ3v) is 5.86. The molecule has 2 N–H and O–H groups in total. The van der Waals surface area contributed by atoms with E-state index in [1.54, 1.807) is 0 Å². The lowest BCUT2D eigenvalue weighted by molar-refractivity contribution is -0.385. The van der Waals surface area contributed by atoms with Gasteiger partial charge in [0.1, 0.15) is 0 Å². The quantitative estimate of drug-likeness (QED) is 0.643. The largest absolute Gasteiger partial charge is 0.329 e. The van der Waals surface area contributed by atoms with E-state index in [0.29, 0.717) is 18.5 Å². The molecular weight excluding hydrogens is 330 g/mol. The third-order valence-electron chi connectivity index (χ3n) is 3.82. The smallest absolute Gasteiger partial charge is 0.270 e. The molecule has 0 spiro atoms. The number of benzene rings is 1. The van der Waals surface area contributed by atoms with E-state index >= 15 is 0 Å². The number of rotatable bonds is 5. The Morgan fingerprint density at radius 2 is 2.14 bits per heavy atom. The Kier molecular flexibility index (Phi) is 6.30. The Hall–Kier alpha value is -1.22. The van der Waals surface area contributed by atoms with E-state index in [4.69, 9.17) is 5.73 Å². The Morgan fingerprint density at radius 1 is 1.45 bits per heavy atom. The number of hydrogen-bond acceptors (Lipinski definition) is 5. The van der Waals surface area contributed by atoms with Crippen LogP contribution in [0.3, 0.4) is 0 Å². The van der Waals surface area contributed by atoms with Crippen LogP contribution in [-0.4, -0.2) is 36.8 Å². The van der Waals surface area contributed by atoms with Gasteiger partial charge in [0.2, 0.25) is 10.0 Å². The molecule has 1 aromatic carbocycles. The van der Waals surface area contributed by atoms with Gasteiger partial charge in [0.05, 0.1) is 9.82 Å². The molecule has 1 heterocycles. The lowest BCUT2D eigenvalue weighted by atomic mass is 10.1. The standard InChI is InChI=1S/C13H19N3O4S.ClH/c1-2-10-5-6-11(16(17)18)8-13(10)21(19,20)15-7-3-4-12(15)9-14;/h5-6,8,12H,2-4,7,9,14H2,1H3;1H. The average Bonchev–Trinajstić information content (AvgIpc) is 2.95. The van der Waals surface area contributed by atoms with Crippen LogP contribution in [0.15, 0.2) is 23.1 Å². The zero-order valence-corrected chi connectivity index (χ0v) is 13.9. The lowest BCUT2D eigenvalue weighted by Gasteiger charge is -2.23. The minimum absolute atomic E-state index is 0. The molecule has 124 valence electrons. The molecule has 0 aromatic heterocycles. The van der Waals surface area contributed by atoms with Crippen LogP contribution in [0.1, 0.15) is 25.3 Å². The van der Waals surface area contributed by atoms with Crippen LogP contribution in [0, 0.1) is 10.1 Å². The normalized spacial score (nSPS) is 18.9. The van der Waals surface area contributed by atoms with E-state index in [9.17, 15) is 18.5 Å². The van der Waals surface area contributed by atoms with Crippen molar-refractivity contribution in [1.29, 1.82) is 0 Å². The van der Waals surface area contributed by atoms with E-state index in [1.165, 1.54) is 16.4 Å². The molecule has 0 bridgehead atoms. The number of nitrogens with two attached hydrogens (primary N) is 1. The molecule has 1 saturated heterocycles. The second-order valence-corrected chi connectivity index (χ2v) is 6.91. The highest BCUT2D eigenvalue weighted by Crippen LogP contribution is 2.30. The van der Waals surface area contributed by atoms with Gasteiger partial charge >= 0.3 is 0 Å². The van der Waals surface area contributed by atoms with Crippen LogP contribution in [0.4, 0.5) is 5.69 Å². The number of aryl methyl sites for hydroxylation is 1. The molecular formula is C13H20ClN3O4S. The first-order valence-electron chi connectivity index (χ1n) is 6.91. The number of halogens is 1. The third kappa shape index (κ3) is 3.40. The van der Waals surface area contributed by atoms with Gasteiger partial charge in [-0.3, -0.25) is 10.1 Å². The van der Waals surface area contributed by atoms with E-state index < -0.39 is 14.9 Å². The van der Waals surface area contributed by atoms with Gasteiger partial charge in [-0.25, -0.2) is 8.42 Å². The minimum Gasteiger partial charge on any atom is -0.329 e. The monoisotopic (exact) mass is 349 g/mol. The number of nitro benzene ring substituents is 1. The molecule has 7 nitrogen and oxygen atoms in total. The average molecular weight is 350 g/mol. The van der Waals surface area contributed by atoms with Crippen molar-refractivity contribution in [3.63, 3.8) is 0 Å². The molecule has 22 heavy (non-hydrogen) atoms. The maximum Gasteiger partial charge on any atom is 0.270 e. The summed E-state index contributed by atoms with van der Waals surface area (Å²) in [5, 5.41) is 10.9. The molecule has 1 atom stereocenters. The predicted molar refractivity (Wildman–Crippen MR) is 85.7 cm³/mol. The Balaban J connectivity index is 0.00000242. The number of sulfonamides is 1. The first kappa shape index (κ1) is 18.8. The molecule has 0 radical (unpaired) electrons. The van der Waals surface area contributed by atoms with E-state index in [2.05, 4.69) is 0 Å². The van der Waals surface area contributed by atoms with Crippen LogP contribution >= 0.6 is 12.4 Å². The summed E-state index contributed by atoms with van der Waals surface area (Å²) in [5.74, 6) is 0. The van der Waals surface area contributed by atoms with Crippen molar-refractivity contribution in [2.75, 3.05) is 13.1 Å². The zero-order valence-electron chi connectivity index (χ0n) is 12.3. The second kappa shape index (κ2) is 7.36. The predicted octanol–water partition coefficient (Wildman–Crippen LogP) is 1.69. The van der Waals surface area contributed by atoms with Crippen molar-refractivity contribution < 1.29 is 13.3 Å². The fourth-order valence-electron chi connectivity index (χ4n) is 2.68. The van der Waals surface area contributed by atoms with Gasteiger partial charge in [-0.15, -0.1) is 12.4 Å². The highest BCUT2D eigenvalue weighted by molar-refractivity contribution is 7.89. The molecule has 2 rings (SSSR count). The van der Waals surface area contributed by atoms with Gasteiger partial charge in [0.15, 0.2) is 0 Å².